The van der Waals surface area contributed by atoms with Crippen molar-refractivity contribution in [1.82, 2.24) is 5.32 Å². The van der Waals surface area contributed by atoms with Gasteiger partial charge in [-0.15, -0.1) is 0 Å². The molecule has 0 radical (unpaired) electrons. The maximum absolute atomic E-state index is 3.46. The second kappa shape index (κ2) is 7.05. The molecule has 1 rings (SSSR count). The molecule has 15 heavy (non-hydrogen) atoms. The summed E-state index contributed by atoms with van der Waals surface area (Å²) < 4.78 is 0. The van der Waals surface area contributed by atoms with Crippen molar-refractivity contribution >= 4 is 0 Å². The Labute approximate surface area is 95.3 Å². The van der Waals surface area contributed by atoms with E-state index in [9.17, 15) is 0 Å². The monoisotopic (exact) mass is 209 g/mol. The van der Waals surface area contributed by atoms with Crippen molar-refractivity contribution in [2.24, 2.45) is 5.92 Å². The SMILES string of the molecule is CC(=CCCNC(C)C)C1CCCCC1. The third-order valence-corrected chi connectivity index (χ3v) is 3.41. The van der Waals surface area contributed by atoms with E-state index in [1.54, 1.807) is 5.57 Å². The van der Waals surface area contributed by atoms with Gasteiger partial charge in [0.1, 0.15) is 0 Å². The average molecular weight is 209 g/mol. The van der Waals surface area contributed by atoms with Crippen LogP contribution in [0.1, 0.15) is 59.3 Å². The van der Waals surface area contributed by atoms with Crippen LogP contribution in [0.3, 0.4) is 0 Å². The fourth-order valence-corrected chi connectivity index (χ4v) is 2.40. The Morgan fingerprint density at radius 1 is 1.27 bits per heavy atom. The Balaban J connectivity index is 2.19. The van der Waals surface area contributed by atoms with Crippen LogP contribution in [0.4, 0.5) is 0 Å². The lowest BCUT2D eigenvalue weighted by molar-refractivity contribution is 0.402. The highest BCUT2D eigenvalue weighted by Crippen LogP contribution is 2.29. The third kappa shape index (κ3) is 5.36. The summed E-state index contributed by atoms with van der Waals surface area (Å²) in [6.07, 6.45) is 10.9. The predicted octanol–water partition coefficient (Wildman–Crippen LogP) is 3.90. The number of hydrogen-bond donors (Lipinski definition) is 1. The zero-order valence-corrected chi connectivity index (χ0v) is 10.7. The van der Waals surface area contributed by atoms with Gasteiger partial charge >= 0.3 is 0 Å². The molecular formula is C14H27N. The van der Waals surface area contributed by atoms with Crippen molar-refractivity contribution in [3.63, 3.8) is 0 Å². The molecule has 88 valence electrons. The molecule has 0 aromatic rings. The van der Waals surface area contributed by atoms with Gasteiger partial charge in [-0.2, -0.15) is 0 Å². The Morgan fingerprint density at radius 2 is 1.93 bits per heavy atom. The highest BCUT2D eigenvalue weighted by molar-refractivity contribution is 5.04. The van der Waals surface area contributed by atoms with Crippen molar-refractivity contribution in [1.29, 1.82) is 0 Å². The lowest BCUT2D eigenvalue weighted by Gasteiger charge is -2.22. The van der Waals surface area contributed by atoms with Crippen LogP contribution < -0.4 is 5.32 Å². The molecule has 1 N–H and O–H groups in total. The van der Waals surface area contributed by atoms with Gasteiger partial charge in [0.2, 0.25) is 0 Å². The zero-order chi connectivity index (χ0) is 11.1. The Hall–Kier alpha value is -0.300. The topological polar surface area (TPSA) is 12.0 Å². The van der Waals surface area contributed by atoms with E-state index in [0.717, 1.165) is 12.5 Å². The van der Waals surface area contributed by atoms with Crippen molar-refractivity contribution < 1.29 is 0 Å². The summed E-state index contributed by atoms with van der Waals surface area (Å²) in [4.78, 5) is 0. The smallest absolute Gasteiger partial charge is 0.00105 e. The van der Waals surface area contributed by atoms with Crippen LogP contribution in [-0.4, -0.2) is 12.6 Å². The molecule has 0 atom stereocenters. The van der Waals surface area contributed by atoms with E-state index < -0.39 is 0 Å². The van der Waals surface area contributed by atoms with Gasteiger partial charge in [0, 0.05) is 6.04 Å². The summed E-state index contributed by atoms with van der Waals surface area (Å²) in [7, 11) is 0. The summed E-state index contributed by atoms with van der Waals surface area (Å²) in [6, 6.07) is 0.619. The van der Waals surface area contributed by atoms with Gasteiger partial charge in [-0.05, 0) is 38.6 Å². The van der Waals surface area contributed by atoms with Crippen molar-refractivity contribution in [3.8, 4) is 0 Å². The second-order valence-electron chi connectivity index (χ2n) is 5.18. The zero-order valence-electron chi connectivity index (χ0n) is 10.7. The lowest BCUT2D eigenvalue weighted by Crippen LogP contribution is -2.23. The van der Waals surface area contributed by atoms with Gasteiger partial charge in [0.05, 0.1) is 0 Å². The molecule has 0 spiro atoms. The van der Waals surface area contributed by atoms with Crippen LogP contribution in [0.5, 0.6) is 0 Å². The molecule has 0 aliphatic heterocycles. The van der Waals surface area contributed by atoms with Crippen LogP contribution in [0.15, 0.2) is 11.6 Å². The maximum atomic E-state index is 3.46. The van der Waals surface area contributed by atoms with Gasteiger partial charge < -0.3 is 5.32 Å². The molecule has 0 bridgehead atoms. The Morgan fingerprint density at radius 3 is 2.53 bits per heavy atom. The lowest BCUT2D eigenvalue weighted by atomic mass is 9.84. The van der Waals surface area contributed by atoms with Crippen molar-refractivity contribution in [2.45, 2.75) is 65.3 Å². The molecular weight excluding hydrogens is 182 g/mol. The van der Waals surface area contributed by atoms with E-state index in [2.05, 4.69) is 32.2 Å². The van der Waals surface area contributed by atoms with Crippen LogP contribution in [0.25, 0.3) is 0 Å². The molecule has 0 unspecified atom stereocenters. The largest absolute Gasteiger partial charge is 0.314 e. The molecule has 1 fully saturated rings. The summed E-state index contributed by atoms with van der Waals surface area (Å²) in [5.41, 5.74) is 1.64. The number of allylic oxidation sites excluding steroid dienone is 1. The molecule has 0 saturated heterocycles. The molecule has 0 aromatic heterocycles. The minimum atomic E-state index is 0.619. The minimum Gasteiger partial charge on any atom is -0.314 e. The number of nitrogens with one attached hydrogen (secondary N) is 1. The van der Waals surface area contributed by atoms with Crippen LogP contribution in [0.2, 0.25) is 0 Å². The first-order valence-electron chi connectivity index (χ1n) is 6.60. The highest BCUT2D eigenvalue weighted by Gasteiger charge is 2.14. The van der Waals surface area contributed by atoms with Gasteiger partial charge in [-0.1, -0.05) is 44.8 Å². The normalized spacial score (nSPS) is 19.9. The van der Waals surface area contributed by atoms with Gasteiger partial charge in [0.25, 0.3) is 0 Å². The van der Waals surface area contributed by atoms with E-state index in [1.165, 1.54) is 38.5 Å². The number of rotatable bonds is 5. The summed E-state index contributed by atoms with van der Waals surface area (Å²) >= 11 is 0. The third-order valence-electron chi connectivity index (χ3n) is 3.41. The van der Waals surface area contributed by atoms with Crippen LogP contribution in [0, 0.1) is 5.92 Å². The quantitative estimate of drug-likeness (QED) is 0.535. The molecule has 0 amide bonds. The number of hydrogen-bond acceptors (Lipinski definition) is 1. The van der Waals surface area contributed by atoms with Crippen LogP contribution >= 0.6 is 0 Å². The Kier molecular flexibility index (Phi) is 6.00. The van der Waals surface area contributed by atoms with E-state index >= 15 is 0 Å². The first kappa shape index (κ1) is 12.8. The first-order chi connectivity index (χ1) is 7.20. The maximum Gasteiger partial charge on any atom is 0.00105 e. The fourth-order valence-electron chi connectivity index (χ4n) is 2.40. The molecule has 0 heterocycles. The van der Waals surface area contributed by atoms with Crippen molar-refractivity contribution in [2.75, 3.05) is 6.54 Å². The molecule has 1 saturated carbocycles. The van der Waals surface area contributed by atoms with E-state index in [1.807, 2.05) is 0 Å². The van der Waals surface area contributed by atoms with Gasteiger partial charge in [-0.3, -0.25) is 0 Å². The van der Waals surface area contributed by atoms with E-state index in [0.29, 0.717) is 6.04 Å². The fraction of sp³-hybridized carbons (Fsp3) is 0.857. The van der Waals surface area contributed by atoms with Crippen molar-refractivity contribution in [3.05, 3.63) is 11.6 Å². The van der Waals surface area contributed by atoms with Gasteiger partial charge in [0.15, 0.2) is 0 Å². The molecule has 0 aromatic carbocycles. The minimum absolute atomic E-state index is 0.619. The summed E-state index contributed by atoms with van der Waals surface area (Å²) in [6.45, 7) is 7.86. The molecule has 1 heteroatoms. The second-order valence-corrected chi connectivity index (χ2v) is 5.18. The standard InChI is InChI=1S/C14H27N/c1-12(2)15-11-7-8-13(3)14-9-5-4-6-10-14/h8,12,14-15H,4-7,9-11H2,1-3H3. The molecule has 1 aliphatic carbocycles. The summed E-state index contributed by atoms with van der Waals surface area (Å²) in [5, 5.41) is 3.46. The van der Waals surface area contributed by atoms with E-state index in [-0.39, 0.29) is 0 Å². The molecule has 1 nitrogen and oxygen atoms in total. The Bertz CT molecular complexity index is 188. The van der Waals surface area contributed by atoms with E-state index in [4.69, 9.17) is 0 Å². The first-order valence-corrected chi connectivity index (χ1v) is 6.60. The summed E-state index contributed by atoms with van der Waals surface area (Å²) in [5.74, 6) is 0.901. The highest BCUT2D eigenvalue weighted by atomic mass is 14.9. The molecule has 1 aliphatic rings. The van der Waals surface area contributed by atoms with Gasteiger partial charge in [-0.25, -0.2) is 0 Å². The predicted molar refractivity (Wildman–Crippen MR) is 68.1 cm³/mol. The van der Waals surface area contributed by atoms with Crippen LogP contribution in [-0.2, 0) is 0 Å². The average Bonchev–Trinajstić information content (AvgIpc) is 2.25.